The molecule has 3 heterocycles. The molecule has 6 nitrogen and oxygen atoms in total. The quantitative estimate of drug-likeness (QED) is 0.812. The molecule has 1 spiro atoms. The molecule has 1 unspecified atom stereocenters. The molecule has 5 rings (SSSR count). The zero-order valence-corrected chi connectivity index (χ0v) is 18.8. The van der Waals surface area contributed by atoms with Gasteiger partial charge in [0.05, 0.1) is 24.9 Å². The van der Waals surface area contributed by atoms with Gasteiger partial charge in [0.25, 0.3) is 0 Å². The van der Waals surface area contributed by atoms with E-state index in [2.05, 4.69) is 59.4 Å². The van der Waals surface area contributed by atoms with Gasteiger partial charge in [0.15, 0.2) is 5.84 Å². The zero-order chi connectivity index (χ0) is 22.2. The van der Waals surface area contributed by atoms with Crippen molar-refractivity contribution in [3.63, 3.8) is 0 Å². The van der Waals surface area contributed by atoms with Crippen LogP contribution in [0.25, 0.3) is 0 Å². The maximum Gasteiger partial charge on any atom is 0.152 e. The van der Waals surface area contributed by atoms with Crippen molar-refractivity contribution in [3.8, 4) is 6.07 Å². The highest BCUT2D eigenvalue weighted by Gasteiger charge is 2.48. The Hall–Kier alpha value is -3.01. The van der Waals surface area contributed by atoms with Crippen LogP contribution in [-0.4, -0.2) is 48.6 Å². The molecule has 1 aromatic carbocycles. The van der Waals surface area contributed by atoms with Crippen LogP contribution < -0.4 is 5.32 Å². The normalized spacial score (nSPS) is 25.0. The first-order chi connectivity index (χ1) is 15.5. The summed E-state index contributed by atoms with van der Waals surface area (Å²) in [5.41, 5.74) is 4.22. The average molecular weight is 428 g/mol. The van der Waals surface area contributed by atoms with Crippen LogP contribution >= 0.6 is 0 Å². The number of morpholine rings is 1. The predicted octanol–water partition coefficient (Wildman–Crippen LogP) is 3.51. The van der Waals surface area contributed by atoms with Crippen molar-refractivity contribution in [2.45, 2.75) is 37.6 Å². The third-order valence-electron chi connectivity index (χ3n) is 7.01. The van der Waals surface area contributed by atoms with E-state index in [4.69, 9.17) is 9.73 Å². The lowest BCUT2D eigenvalue weighted by atomic mass is 9.63. The fourth-order valence-corrected chi connectivity index (χ4v) is 5.19. The van der Waals surface area contributed by atoms with Crippen molar-refractivity contribution in [2.24, 2.45) is 4.99 Å². The van der Waals surface area contributed by atoms with Gasteiger partial charge in [0, 0.05) is 31.5 Å². The summed E-state index contributed by atoms with van der Waals surface area (Å²) in [5.74, 6) is 0.738. The number of aromatic nitrogens is 1. The first kappa shape index (κ1) is 20.9. The highest BCUT2D eigenvalue weighted by molar-refractivity contribution is 6.00. The Balaban J connectivity index is 1.69. The molecule has 0 saturated carbocycles. The van der Waals surface area contributed by atoms with E-state index in [-0.39, 0.29) is 5.41 Å². The molecular formula is C26H29N5O. The van der Waals surface area contributed by atoms with Crippen LogP contribution in [0, 0.1) is 11.3 Å². The lowest BCUT2D eigenvalue weighted by molar-refractivity contribution is 0.0416. The number of hydrogen-bond acceptors (Lipinski definition) is 6. The molecule has 164 valence electrons. The van der Waals surface area contributed by atoms with Gasteiger partial charge in [-0.05, 0) is 41.5 Å². The van der Waals surface area contributed by atoms with Crippen molar-refractivity contribution >= 4 is 5.84 Å². The molecule has 0 bridgehead atoms. The minimum Gasteiger partial charge on any atom is -0.379 e. The first-order valence-electron chi connectivity index (χ1n) is 11.4. The summed E-state index contributed by atoms with van der Waals surface area (Å²) in [6.07, 6.45) is 3.54. The third kappa shape index (κ3) is 3.52. The van der Waals surface area contributed by atoms with Crippen LogP contribution in [0.3, 0.4) is 0 Å². The monoisotopic (exact) mass is 427 g/mol. The number of benzene rings is 1. The second-order valence-corrected chi connectivity index (χ2v) is 9.44. The number of nitrogens with one attached hydrogen (secondary N) is 1. The highest BCUT2D eigenvalue weighted by Crippen LogP contribution is 2.51. The van der Waals surface area contributed by atoms with E-state index in [0.717, 1.165) is 67.5 Å². The molecule has 3 aliphatic rings. The van der Waals surface area contributed by atoms with Crippen molar-refractivity contribution < 1.29 is 4.74 Å². The summed E-state index contributed by atoms with van der Waals surface area (Å²) in [5, 5.41) is 13.9. The molecule has 32 heavy (non-hydrogen) atoms. The topological polar surface area (TPSA) is 73.5 Å². The lowest BCUT2D eigenvalue weighted by Crippen LogP contribution is -2.48. The van der Waals surface area contributed by atoms with Crippen LogP contribution in [0.15, 0.2) is 64.9 Å². The van der Waals surface area contributed by atoms with E-state index in [1.807, 2.05) is 18.2 Å². The van der Waals surface area contributed by atoms with Gasteiger partial charge in [-0.3, -0.25) is 9.88 Å². The number of pyridine rings is 1. The lowest BCUT2D eigenvalue weighted by Gasteiger charge is -2.45. The van der Waals surface area contributed by atoms with E-state index in [9.17, 15) is 5.26 Å². The maximum atomic E-state index is 10.4. The number of hydrogen-bond donors (Lipinski definition) is 1. The number of amidine groups is 1. The number of ether oxygens (including phenoxy) is 1. The van der Waals surface area contributed by atoms with Gasteiger partial charge in [-0.1, -0.05) is 44.2 Å². The Morgan fingerprint density at radius 3 is 2.53 bits per heavy atom. The largest absolute Gasteiger partial charge is 0.379 e. The van der Waals surface area contributed by atoms with Crippen LogP contribution in [0.5, 0.6) is 0 Å². The summed E-state index contributed by atoms with van der Waals surface area (Å²) in [6, 6.07) is 16.9. The molecule has 1 aliphatic carbocycles. The third-order valence-corrected chi connectivity index (χ3v) is 7.01. The Bertz CT molecular complexity index is 1110. The molecule has 6 heteroatoms. The van der Waals surface area contributed by atoms with Crippen LogP contribution in [0.4, 0.5) is 0 Å². The number of fused-ring (bicyclic) bond motifs is 2. The number of nitriles is 1. The van der Waals surface area contributed by atoms with Gasteiger partial charge < -0.3 is 10.1 Å². The Labute approximate surface area is 189 Å². The first-order valence-corrected chi connectivity index (χ1v) is 11.4. The smallest absolute Gasteiger partial charge is 0.152 e. The zero-order valence-electron chi connectivity index (χ0n) is 18.8. The number of rotatable bonds is 3. The average Bonchev–Trinajstić information content (AvgIpc) is 2.83. The van der Waals surface area contributed by atoms with Gasteiger partial charge in [-0.15, -0.1) is 0 Å². The van der Waals surface area contributed by atoms with Crippen molar-refractivity contribution in [2.75, 3.05) is 32.8 Å². The fourth-order valence-electron chi connectivity index (χ4n) is 5.19. The molecule has 1 atom stereocenters. The van der Waals surface area contributed by atoms with E-state index in [1.165, 1.54) is 5.56 Å². The van der Waals surface area contributed by atoms with Gasteiger partial charge >= 0.3 is 0 Å². The minimum absolute atomic E-state index is 0.0400. The summed E-state index contributed by atoms with van der Waals surface area (Å²) in [4.78, 5) is 12.2. The molecule has 0 radical (unpaired) electrons. The number of aliphatic imine (C=N–C) groups is 1. The molecule has 2 aliphatic heterocycles. The van der Waals surface area contributed by atoms with Crippen LogP contribution in [0.2, 0.25) is 0 Å². The molecule has 0 amide bonds. The SMILES string of the molecule is CC1(C)CCC2(N=C(c3ccccn3)NC(CN3CCOCC3)=C2C#N)c2ccccc21. The Kier molecular flexibility index (Phi) is 5.32. The van der Waals surface area contributed by atoms with E-state index in [1.54, 1.807) is 6.20 Å². The molecule has 1 fully saturated rings. The van der Waals surface area contributed by atoms with Gasteiger partial charge in [0.2, 0.25) is 0 Å². The molecule has 1 saturated heterocycles. The van der Waals surface area contributed by atoms with Gasteiger partial charge in [-0.2, -0.15) is 5.26 Å². The molecular weight excluding hydrogens is 398 g/mol. The molecule has 1 aromatic heterocycles. The summed E-state index contributed by atoms with van der Waals surface area (Å²) in [7, 11) is 0. The van der Waals surface area contributed by atoms with Gasteiger partial charge in [-0.25, -0.2) is 4.99 Å². The summed E-state index contributed by atoms with van der Waals surface area (Å²) < 4.78 is 5.53. The maximum absolute atomic E-state index is 10.4. The Morgan fingerprint density at radius 1 is 1.06 bits per heavy atom. The second kappa shape index (κ2) is 8.16. The van der Waals surface area contributed by atoms with Crippen molar-refractivity contribution in [1.82, 2.24) is 15.2 Å². The highest BCUT2D eigenvalue weighted by atomic mass is 16.5. The van der Waals surface area contributed by atoms with E-state index < -0.39 is 5.54 Å². The van der Waals surface area contributed by atoms with Crippen LogP contribution in [0.1, 0.15) is 43.5 Å². The van der Waals surface area contributed by atoms with E-state index in [0.29, 0.717) is 6.54 Å². The van der Waals surface area contributed by atoms with E-state index >= 15 is 0 Å². The summed E-state index contributed by atoms with van der Waals surface area (Å²) >= 11 is 0. The summed E-state index contributed by atoms with van der Waals surface area (Å²) in [6.45, 7) is 8.40. The van der Waals surface area contributed by atoms with Crippen molar-refractivity contribution in [3.05, 3.63) is 76.8 Å². The predicted molar refractivity (Wildman–Crippen MR) is 124 cm³/mol. The van der Waals surface area contributed by atoms with Crippen molar-refractivity contribution in [1.29, 1.82) is 5.26 Å². The second-order valence-electron chi connectivity index (χ2n) is 9.44. The molecule has 2 aromatic rings. The van der Waals surface area contributed by atoms with Crippen LogP contribution in [-0.2, 0) is 15.7 Å². The molecule has 1 N–H and O–H groups in total. The fraction of sp³-hybridized carbons (Fsp3) is 0.423. The van der Waals surface area contributed by atoms with Gasteiger partial charge in [0.1, 0.15) is 11.2 Å². The Morgan fingerprint density at radius 2 is 1.81 bits per heavy atom. The number of nitrogens with zero attached hydrogens (tertiary/aromatic N) is 4. The standard InChI is InChI=1S/C26H29N5O/c1-25(2)10-11-26(20-8-4-3-7-19(20)25)21(17-27)23(18-31-13-15-32-16-14-31)29-24(30-26)22-9-5-6-12-28-22/h3-9,12H,10-11,13-16,18H2,1-2H3,(H,29,30). The minimum atomic E-state index is -0.694.